The molecule has 2 N–H and O–H groups in total. The molecule has 0 aromatic heterocycles. The lowest BCUT2D eigenvalue weighted by atomic mass is 10.3. The Morgan fingerprint density at radius 3 is 2.65 bits per heavy atom. The number of ether oxygens (including phenoxy) is 2. The smallest absolute Gasteiger partial charge is 0.319 e. The molecule has 0 aliphatic carbocycles. The summed E-state index contributed by atoms with van der Waals surface area (Å²) in [7, 11) is 1.56. The average molecular weight is 322 g/mol. The van der Waals surface area contributed by atoms with Gasteiger partial charge >= 0.3 is 6.03 Å². The second-order valence-electron chi connectivity index (χ2n) is 4.53. The van der Waals surface area contributed by atoms with Gasteiger partial charge in [0.2, 0.25) is 0 Å². The lowest BCUT2D eigenvalue weighted by molar-refractivity contribution is 0.247. The second kappa shape index (κ2) is 7.98. The number of methoxy groups -OCH3 is 1. The van der Waals surface area contributed by atoms with Gasteiger partial charge in [0.25, 0.3) is 0 Å². The summed E-state index contributed by atoms with van der Waals surface area (Å²) in [5, 5.41) is 4.79. The van der Waals surface area contributed by atoms with Crippen molar-refractivity contribution in [3.05, 3.63) is 54.1 Å². The number of amides is 2. The van der Waals surface area contributed by atoms with Crippen LogP contribution in [0.2, 0.25) is 0 Å². The highest BCUT2D eigenvalue weighted by Gasteiger charge is 2.07. The van der Waals surface area contributed by atoms with Gasteiger partial charge in [-0.3, -0.25) is 0 Å². The molecule has 2 rings (SSSR count). The van der Waals surface area contributed by atoms with E-state index in [0.717, 1.165) is 12.1 Å². The van der Waals surface area contributed by atoms with Crippen LogP contribution in [0, 0.1) is 11.6 Å². The van der Waals surface area contributed by atoms with Gasteiger partial charge in [-0.25, -0.2) is 13.6 Å². The normalized spacial score (nSPS) is 10.0. The predicted octanol–water partition coefficient (Wildman–Crippen LogP) is 3.17. The van der Waals surface area contributed by atoms with Gasteiger partial charge in [-0.1, -0.05) is 6.07 Å². The second-order valence-corrected chi connectivity index (χ2v) is 4.53. The van der Waals surface area contributed by atoms with Crippen molar-refractivity contribution in [2.24, 2.45) is 0 Å². The van der Waals surface area contributed by atoms with E-state index in [9.17, 15) is 13.6 Å². The first-order valence-electron chi connectivity index (χ1n) is 6.85. The standard InChI is InChI=1S/C16H16F2N2O3/c1-22-12-3-2-4-13(10-12)23-8-7-19-16(21)20-15-6-5-11(17)9-14(15)18/h2-6,9-10H,7-8H2,1H3,(H2,19,20,21). The van der Waals surface area contributed by atoms with Crippen molar-refractivity contribution in [1.82, 2.24) is 5.32 Å². The van der Waals surface area contributed by atoms with Crippen LogP contribution in [0.1, 0.15) is 0 Å². The van der Waals surface area contributed by atoms with Crippen LogP contribution in [0.15, 0.2) is 42.5 Å². The highest BCUT2D eigenvalue weighted by Crippen LogP contribution is 2.18. The number of anilines is 1. The summed E-state index contributed by atoms with van der Waals surface area (Å²) in [5.74, 6) is -0.274. The van der Waals surface area contributed by atoms with E-state index in [2.05, 4.69) is 10.6 Å². The molecular weight excluding hydrogens is 306 g/mol. The largest absolute Gasteiger partial charge is 0.497 e. The first-order chi connectivity index (χ1) is 11.1. The van der Waals surface area contributed by atoms with E-state index < -0.39 is 17.7 Å². The van der Waals surface area contributed by atoms with Gasteiger partial charge in [0.1, 0.15) is 29.7 Å². The molecule has 0 radical (unpaired) electrons. The van der Waals surface area contributed by atoms with E-state index >= 15 is 0 Å². The van der Waals surface area contributed by atoms with Crippen LogP contribution >= 0.6 is 0 Å². The number of nitrogens with one attached hydrogen (secondary N) is 2. The molecule has 0 heterocycles. The van der Waals surface area contributed by atoms with Crippen molar-refractivity contribution in [1.29, 1.82) is 0 Å². The first kappa shape index (κ1) is 16.5. The molecule has 0 saturated carbocycles. The Bertz CT molecular complexity index is 680. The summed E-state index contributed by atoms with van der Waals surface area (Å²) in [6.45, 7) is 0.443. The molecule has 23 heavy (non-hydrogen) atoms. The lowest BCUT2D eigenvalue weighted by Gasteiger charge is -2.10. The van der Waals surface area contributed by atoms with E-state index in [1.807, 2.05) is 0 Å². The van der Waals surface area contributed by atoms with Gasteiger partial charge in [-0.15, -0.1) is 0 Å². The quantitative estimate of drug-likeness (QED) is 0.803. The van der Waals surface area contributed by atoms with Gasteiger partial charge in [0, 0.05) is 12.1 Å². The molecule has 5 nitrogen and oxygen atoms in total. The monoisotopic (exact) mass is 322 g/mol. The number of benzene rings is 2. The zero-order valence-electron chi connectivity index (χ0n) is 12.4. The summed E-state index contributed by atoms with van der Waals surface area (Å²) < 4.78 is 36.6. The molecule has 2 aromatic carbocycles. The van der Waals surface area contributed by atoms with Crippen LogP contribution in [-0.2, 0) is 0 Å². The number of hydrogen-bond donors (Lipinski definition) is 2. The highest BCUT2D eigenvalue weighted by atomic mass is 19.1. The molecule has 0 saturated heterocycles. The van der Waals surface area contributed by atoms with Crippen LogP contribution in [0.4, 0.5) is 19.3 Å². The maximum absolute atomic E-state index is 13.4. The number of hydrogen-bond acceptors (Lipinski definition) is 3. The molecule has 0 bridgehead atoms. The molecule has 0 atom stereocenters. The van der Waals surface area contributed by atoms with E-state index in [-0.39, 0.29) is 18.8 Å². The van der Waals surface area contributed by atoms with Gasteiger partial charge in [-0.05, 0) is 24.3 Å². The van der Waals surface area contributed by atoms with Crippen molar-refractivity contribution in [3.8, 4) is 11.5 Å². The molecule has 2 amide bonds. The van der Waals surface area contributed by atoms with Gasteiger partial charge in [0.15, 0.2) is 0 Å². The fourth-order valence-corrected chi connectivity index (χ4v) is 1.78. The number of urea groups is 1. The molecule has 0 spiro atoms. The Morgan fingerprint density at radius 1 is 1.13 bits per heavy atom. The topological polar surface area (TPSA) is 59.6 Å². The summed E-state index contributed by atoms with van der Waals surface area (Å²) in [4.78, 5) is 11.6. The molecule has 0 fully saturated rings. The van der Waals surface area contributed by atoms with Crippen molar-refractivity contribution < 1.29 is 23.0 Å². The molecule has 7 heteroatoms. The van der Waals surface area contributed by atoms with E-state index in [4.69, 9.17) is 9.47 Å². The Morgan fingerprint density at radius 2 is 1.91 bits per heavy atom. The predicted molar refractivity (Wildman–Crippen MR) is 81.9 cm³/mol. The van der Waals surface area contributed by atoms with Crippen LogP contribution in [0.25, 0.3) is 0 Å². The minimum absolute atomic E-state index is 0.0994. The zero-order chi connectivity index (χ0) is 16.7. The molecular formula is C16H16F2N2O3. The highest BCUT2D eigenvalue weighted by molar-refractivity contribution is 5.89. The SMILES string of the molecule is COc1cccc(OCCNC(=O)Nc2ccc(F)cc2F)c1. The van der Waals surface area contributed by atoms with E-state index in [1.165, 1.54) is 0 Å². The van der Waals surface area contributed by atoms with Crippen molar-refractivity contribution in [2.45, 2.75) is 0 Å². The minimum atomic E-state index is -0.840. The van der Waals surface area contributed by atoms with E-state index in [1.54, 1.807) is 31.4 Å². The molecule has 0 aliphatic rings. The van der Waals surface area contributed by atoms with Crippen molar-refractivity contribution in [3.63, 3.8) is 0 Å². The third-order valence-electron chi connectivity index (χ3n) is 2.88. The van der Waals surface area contributed by atoms with Crippen LogP contribution < -0.4 is 20.1 Å². The Labute approximate surface area is 132 Å². The number of carbonyl (C=O) groups excluding carboxylic acids is 1. The van der Waals surface area contributed by atoms with Gasteiger partial charge in [0.05, 0.1) is 19.3 Å². The summed E-state index contributed by atoms with van der Waals surface area (Å²) in [6, 6.07) is 9.35. The fourth-order valence-electron chi connectivity index (χ4n) is 1.78. The fraction of sp³-hybridized carbons (Fsp3) is 0.188. The Hall–Kier alpha value is -2.83. The summed E-state index contributed by atoms with van der Waals surface area (Å²) in [5.41, 5.74) is -0.0994. The molecule has 0 unspecified atom stereocenters. The maximum atomic E-state index is 13.4. The summed E-state index contributed by atoms with van der Waals surface area (Å²) >= 11 is 0. The lowest BCUT2D eigenvalue weighted by Crippen LogP contribution is -2.32. The third-order valence-corrected chi connectivity index (χ3v) is 2.88. The first-order valence-corrected chi connectivity index (χ1v) is 6.85. The Kier molecular flexibility index (Phi) is 5.74. The third kappa shape index (κ3) is 5.14. The number of halogens is 2. The van der Waals surface area contributed by atoms with Crippen molar-refractivity contribution in [2.75, 3.05) is 25.6 Å². The maximum Gasteiger partial charge on any atom is 0.319 e. The minimum Gasteiger partial charge on any atom is -0.497 e. The van der Waals surface area contributed by atoms with Gasteiger partial charge < -0.3 is 20.1 Å². The summed E-state index contributed by atoms with van der Waals surface area (Å²) in [6.07, 6.45) is 0. The molecule has 0 aliphatic heterocycles. The molecule has 2 aromatic rings. The molecule has 122 valence electrons. The number of carbonyl (C=O) groups is 1. The number of rotatable bonds is 6. The zero-order valence-corrected chi connectivity index (χ0v) is 12.4. The van der Waals surface area contributed by atoms with Crippen LogP contribution in [0.5, 0.6) is 11.5 Å². The van der Waals surface area contributed by atoms with Crippen LogP contribution in [0.3, 0.4) is 0 Å². The van der Waals surface area contributed by atoms with E-state index in [0.29, 0.717) is 17.6 Å². The van der Waals surface area contributed by atoms with Crippen molar-refractivity contribution >= 4 is 11.7 Å². The van der Waals surface area contributed by atoms with Gasteiger partial charge in [-0.2, -0.15) is 0 Å². The Balaban J connectivity index is 1.74. The van der Waals surface area contributed by atoms with Crippen LogP contribution in [-0.4, -0.2) is 26.3 Å². The average Bonchev–Trinajstić information content (AvgIpc) is 2.54.